The highest BCUT2D eigenvalue weighted by atomic mass is 32.2. The summed E-state index contributed by atoms with van der Waals surface area (Å²) < 4.78 is 5.59. The van der Waals surface area contributed by atoms with Crippen molar-refractivity contribution in [3.05, 3.63) is 70.8 Å². The summed E-state index contributed by atoms with van der Waals surface area (Å²) in [6.07, 6.45) is 1.91. The molecule has 1 amide bonds. The molecular formula is C22H20N2O2S. The molecule has 2 aromatic rings. The lowest BCUT2D eigenvalue weighted by Crippen LogP contribution is -2.38. The molecule has 0 unspecified atom stereocenters. The van der Waals surface area contributed by atoms with Crippen molar-refractivity contribution in [2.45, 2.75) is 25.8 Å². The van der Waals surface area contributed by atoms with Crippen LogP contribution < -0.4 is 4.74 Å². The quantitative estimate of drug-likeness (QED) is 0.796. The molecule has 1 aliphatic carbocycles. The van der Waals surface area contributed by atoms with Crippen molar-refractivity contribution in [2.75, 3.05) is 12.4 Å². The first kappa shape index (κ1) is 16.6. The molecule has 2 aromatic carbocycles. The van der Waals surface area contributed by atoms with E-state index in [1.807, 2.05) is 24.0 Å². The third kappa shape index (κ3) is 2.69. The van der Waals surface area contributed by atoms with Crippen LogP contribution in [0.15, 0.2) is 59.1 Å². The first-order valence-electron chi connectivity index (χ1n) is 9.34. The molecule has 0 N–H and O–H groups in total. The van der Waals surface area contributed by atoms with Gasteiger partial charge in [-0.2, -0.15) is 0 Å². The summed E-state index contributed by atoms with van der Waals surface area (Å²) in [6.45, 7) is 2.63. The number of amidine groups is 1. The number of benzene rings is 2. The van der Waals surface area contributed by atoms with Crippen molar-refractivity contribution in [3.8, 4) is 5.75 Å². The van der Waals surface area contributed by atoms with Crippen LogP contribution in [0.2, 0.25) is 0 Å². The van der Waals surface area contributed by atoms with Crippen LogP contribution >= 0.6 is 11.8 Å². The van der Waals surface area contributed by atoms with Gasteiger partial charge in [0, 0.05) is 5.56 Å². The van der Waals surface area contributed by atoms with Crippen molar-refractivity contribution < 1.29 is 9.53 Å². The topological polar surface area (TPSA) is 41.9 Å². The molecule has 0 aromatic heterocycles. The van der Waals surface area contributed by atoms with Gasteiger partial charge in [0.1, 0.15) is 5.75 Å². The van der Waals surface area contributed by atoms with E-state index < -0.39 is 0 Å². The first-order valence-corrected chi connectivity index (χ1v) is 10.3. The molecule has 2 heterocycles. The second-order valence-corrected chi connectivity index (χ2v) is 7.82. The third-order valence-corrected chi connectivity index (χ3v) is 6.28. The summed E-state index contributed by atoms with van der Waals surface area (Å²) in [4.78, 5) is 19.5. The van der Waals surface area contributed by atoms with E-state index in [-0.39, 0.29) is 11.9 Å². The molecule has 5 heteroatoms. The maximum Gasteiger partial charge on any atom is 0.239 e. The average molecular weight is 376 g/mol. The Balaban J connectivity index is 1.65. The summed E-state index contributed by atoms with van der Waals surface area (Å²) in [5, 5.41) is 0.828. The van der Waals surface area contributed by atoms with Gasteiger partial charge in [-0.05, 0) is 48.6 Å². The van der Waals surface area contributed by atoms with Gasteiger partial charge in [-0.15, -0.1) is 0 Å². The zero-order valence-corrected chi connectivity index (χ0v) is 16.0. The Hall–Kier alpha value is -2.53. The highest BCUT2D eigenvalue weighted by Gasteiger charge is 2.42. The molecule has 1 fully saturated rings. The number of carbonyl (C=O) groups excluding carboxylic acids is 1. The molecule has 0 spiro atoms. The predicted octanol–water partition coefficient (Wildman–Crippen LogP) is 4.43. The molecular weight excluding hydrogens is 356 g/mol. The van der Waals surface area contributed by atoms with E-state index in [0.29, 0.717) is 12.4 Å². The van der Waals surface area contributed by atoms with Gasteiger partial charge in [-0.1, -0.05) is 48.2 Å². The molecule has 1 atom stereocenters. The number of aliphatic imine (C=N–C) groups is 1. The maximum atomic E-state index is 12.7. The number of ether oxygens (including phenoxy) is 1. The minimum absolute atomic E-state index is 0.0703. The molecule has 0 saturated carbocycles. The van der Waals surface area contributed by atoms with E-state index in [2.05, 4.69) is 36.4 Å². The van der Waals surface area contributed by atoms with Crippen molar-refractivity contribution in [3.63, 3.8) is 0 Å². The van der Waals surface area contributed by atoms with Gasteiger partial charge in [0.15, 0.2) is 5.17 Å². The molecule has 2 aliphatic heterocycles. The van der Waals surface area contributed by atoms with Gasteiger partial charge in [0.05, 0.1) is 24.1 Å². The van der Waals surface area contributed by atoms with Crippen LogP contribution in [0.25, 0.3) is 5.70 Å². The minimum Gasteiger partial charge on any atom is -0.494 e. The SMILES string of the molecule is CCOc1ccc([C@@H]2C3=C(N=C4SCC(=O)N42)c2ccccc2CC3)cc1. The Kier molecular flexibility index (Phi) is 4.05. The summed E-state index contributed by atoms with van der Waals surface area (Å²) >= 11 is 1.54. The van der Waals surface area contributed by atoms with Gasteiger partial charge in [0.25, 0.3) is 0 Å². The molecule has 0 bridgehead atoms. The van der Waals surface area contributed by atoms with Gasteiger partial charge in [-0.3, -0.25) is 9.69 Å². The Morgan fingerprint density at radius 3 is 2.78 bits per heavy atom. The van der Waals surface area contributed by atoms with Crippen LogP contribution in [0.1, 0.15) is 36.1 Å². The fraction of sp³-hybridized carbons (Fsp3) is 0.273. The highest BCUT2D eigenvalue weighted by Crippen LogP contribution is 2.47. The van der Waals surface area contributed by atoms with Crippen LogP contribution in [0.5, 0.6) is 5.75 Å². The second kappa shape index (κ2) is 6.57. The van der Waals surface area contributed by atoms with Gasteiger partial charge in [0.2, 0.25) is 5.91 Å². The first-order chi connectivity index (χ1) is 13.3. The second-order valence-electron chi connectivity index (χ2n) is 6.88. The Bertz CT molecular complexity index is 978. The van der Waals surface area contributed by atoms with Crippen LogP contribution in [-0.2, 0) is 11.2 Å². The lowest BCUT2D eigenvalue weighted by molar-refractivity contribution is -0.125. The van der Waals surface area contributed by atoms with E-state index in [1.165, 1.54) is 16.7 Å². The van der Waals surface area contributed by atoms with Gasteiger partial charge >= 0.3 is 0 Å². The van der Waals surface area contributed by atoms with E-state index in [0.717, 1.165) is 35.0 Å². The fourth-order valence-corrected chi connectivity index (χ4v) is 5.05. The molecule has 4 nitrogen and oxygen atoms in total. The average Bonchev–Trinajstić information content (AvgIpc) is 3.08. The molecule has 5 rings (SSSR count). The van der Waals surface area contributed by atoms with Crippen LogP contribution in [0.3, 0.4) is 0 Å². The number of hydrogen-bond donors (Lipinski definition) is 0. The zero-order valence-electron chi connectivity index (χ0n) is 15.1. The van der Waals surface area contributed by atoms with E-state index >= 15 is 0 Å². The minimum atomic E-state index is -0.0703. The molecule has 0 radical (unpaired) electrons. The van der Waals surface area contributed by atoms with Crippen LogP contribution in [0.4, 0.5) is 0 Å². The standard InChI is InChI=1S/C22H20N2O2S/c1-2-26-16-10-7-15(8-11-16)21-18-12-9-14-5-3-4-6-17(14)20(18)23-22-24(21)19(25)13-27-22/h3-8,10-11,21H,2,9,12-13H2,1H3/t21-/m1/s1. The summed E-state index contributed by atoms with van der Waals surface area (Å²) in [5.74, 6) is 1.47. The number of fused-ring (bicyclic) bond motifs is 3. The molecule has 27 heavy (non-hydrogen) atoms. The van der Waals surface area contributed by atoms with E-state index in [4.69, 9.17) is 9.73 Å². The third-order valence-electron chi connectivity index (χ3n) is 5.34. The van der Waals surface area contributed by atoms with Gasteiger partial charge < -0.3 is 4.74 Å². The summed E-state index contributed by atoms with van der Waals surface area (Å²) in [7, 11) is 0. The number of amides is 1. The number of hydrogen-bond acceptors (Lipinski definition) is 4. The fourth-order valence-electron chi connectivity index (χ4n) is 4.16. The lowest BCUT2D eigenvalue weighted by atomic mass is 9.82. The monoisotopic (exact) mass is 376 g/mol. The Morgan fingerprint density at radius 2 is 1.96 bits per heavy atom. The largest absolute Gasteiger partial charge is 0.494 e. The van der Waals surface area contributed by atoms with Crippen molar-refractivity contribution in [2.24, 2.45) is 4.99 Å². The van der Waals surface area contributed by atoms with Crippen LogP contribution in [0, 0.1) is 0 Å². The van der Waals surface area contributed by atoms with E-state index in [1.54, 1.807) is 11.8 Å². The lowest BCUT2D eigenvalue weighted by Gasteiger charge is -2.37. The highest BCUT2D eigenvalue weighted by molar-refractivity contribution is 8.15. The Labute approximate surface area is 162 Å². The molecule has 3 aliphatic rings. The number of nitrogens with zero attached hydrogens (tertiary/aromatic N) is 2. The van der Waals surface area contributed by atoms with E-state index in [9.17, 15) is 4.79 Å². The van der Waals surface area contributed by atoms with Crippen LogP contribution in [-0.4, -0.2) is 28.3 Å². The zero-order chi connectivity index (χ0) is 18.4. The smallest absolute Gasteiger partial charge is 0.239 e. The molecule has 1 saturated heterocycles. The molecule has 136 valence electrons. The van der Waals surface area contributed by atoms with Gasteiger partial charge in [-0.25, -0.2) is 4.99 Å². The summed E-state index contributed by atoms with van der Waals surface area (Å²) in [6, 6.07) is 16.6. The number of rotatable bonds is 3. The maximum absolute atomic E-state index is 12.7. The number of thioether (sulfide) groups is 1. The van der Waals surface area contributed by atoms with Crippen molar-refractivity contribution in [1.29, 1.82) is 0 Å². The Morgan fingerprint density at radius 1 is 1.15 bits per heavy atom. The number of aryl methyl sites for hydroxylation is 1. The van der Waals surface area contributed by atoms with Crippen molar-refractivity contribution >= 4 is 28.5 Å². The van der Waals surface area contributed by atoms with Crippen molar-refractivity contribution in [1.82, 2.24) is 4.90 Å². The predicted molar refractivity (Wildman–Crippen MR) is 109 cm³/mol. The summed E-state index contributed by atoms with van der Waals surface area (Å²) in [5.41, 5.74) is 5.98. The normalized spacial score (nSPS) is 20.8. The number of carbonyl (C=O) groups is 1.